The van der Waals surface area contributed by atoms with Crippen LogP contribution in [0.4, 0.5) is 0 Å². The molecule has 67 heavy (non-hydrogen) atoms. The van der Waals surface area contributed by atoms with Crippen molar-refractivity contribution in [1.29, 1.82) is 0 Å². The van der Waals surface area contributed by atoms with E-state index in [1.54, 1.807) is 0 Å². The highest BCUT2D eigenvalue weighted by Crippen LogP contribution is 2.43. The van der Waals surface area contributed by atoms with Crippen LogP contribution in [0.1, 0.15) is 0 Å². The van der Waals surface area contributed by atoms with Gasteiger partial charge in [-0.3, -0.25) is 9.13 Å². The quantitative estimate of drug-likeness (QED) is 0.171. The third-order valence-electron chi connectivity index (χ3n) is 13.4. The van der Waals surface area contributed by atoms with E-state index in [0.29, 0.717) is 17.6 Å². The van der Waals surface area contributed by atoms with Gasteiger partial charge in [-0.25, -0.2) is 9.97 Å². The summed E-state index contributed by atoms with van der Waals surface area (Å²) in [5.41, 5.74) is 12.9. The van der Waals surface area contributed by atoms with Gasteiger partial charge in [-0.2, -0.15) is 9.97 Å². The molecular formula is C58H33N7O2. The van der Waals surface area contributed by atoms with E-state index in [1.807, 2.05) is 73.1 Å². The maximum Gasteiger partial charge on any atom is 0.238 e. The van der Waals surface area contributed by atoms with Gasteiger partial charge in [-0.05, 0) is 84.9 Å². The van der Waals surface area contributed by atoms with Crippen molar-refractivity contribution in [3.63, 3.8) is 0 Å². The topological polar surface area (TPSA) is 92.6 Å². The fraction of sp³-hybridized carbons (Fsp3) is 0. The number of furan rings is 2. The standard InChI is InChI=1S/C58H33N7O2/c1-2-13-36(14-3-1)63-33-59-53-47(63)21-12-22-48(53)64-45-19-8-4-15-37(45)41-27-28-42-38-16-5-9-20-46(38)65(55(42)54(41)64)58-61-56(34-25-29-51-43(31-34)39-17-6-10-23-49(39)66-51)60-57(62-58)35-26-30-52-44(32-35)40-18-7-11-24-50(40)67-52/h1-33H. The van der Waals surface area contributed by atoms with Gasteiger partial charge in [-0.15, -0.1) is 0 Å². The fourth-order valence-electron chi connectivity index (χ4n) is 10.4. The molecule has 0 saturated heterocycles. The summed E-state index contributed by atoms with van der Waals surface area (Å²) >= 11 is 0. The van der Waals surface area contributed by atoms with Crippen LogP contribution in [0.3, 0.4) is 0 Å². The van der Waals surface area contributed by atoms with Crippen molar-refractivity contribution < 1.29 is 8.83 Å². The lowest BCUT2D eigenvalue weighted by Gasteiger charge is -2.14. The molecule has 9 nitrogen and oxygen atoms in total. The molecule has 0 amide bonds. The third kappa shape index (κ3) is 5.19. The molecule has 0 radical (unpaired) electrons. The average Bonchev–Trinajstić information content (AvgIpc) is 4.22. The average molecular weight is 860 g/mol. The molecule has 0 aliphatic rings. The van der Waals surface area contributed by atoms with Crippen LogP contribution in [-0.4, -0.2) is 33.6 Å². The van der Waals surface area contributed by atoms with Crippen molar-refractivity contribution >= 4 is 98.5 Å². The van der Waals surface area contributed by atoms with Crippen LogP contribution in [0.2, 0.25) is 0 Å². The zero-order valence-corrected chi connectivity index (χ0v) is 35.5. The van der Waals surface area contributed by atoms with Crippen LogP contribution in [0.15, 0.2) is 209 Å². The lowest BCUT2D eigenvalue weighted by Crippen LogP contribution is -2.07. The van der Waals surface area contributed by atoms with E-state index in [9.17, 15) is 0 Å². The Morgan fingerprint density at radius 1 is 0.358 bits per heavy atom. The number of benzene rings is 9. The highest BCUT2D eigenvalue weighted by Gasteiger charge is 2.25. The van der Waals surface area contributed by atoms with Gasteiger partial charge in [0, 0.05) is 59.9 Å². The molecule has 0 fully saturated rings. The van der Waals surface area contributed by atoms with Crippen molar-refractivity contribution in [1.82, 2.24) is 33.6 Å². The summed E-state index contributed by atoms with van der Waals surface area (Å²) in [6, 6.07) is 67.1. The molecule has 0 N–H and O–H groups in total. The molecule has 9 aromatic carbocycles. The predicted molar refractivity (Wildman–Crippen MR) is 269 cm³/mol. The third-order valence-corrected chi connectivity index (χ3v) is 13.4. The van der Waals surface area contributed by atoms with Crippen LogP contribution in [0.5, 0.6) is 0 Å². The van der Waals surface area contributed by atoms with Crippen LogP contribution in [0.25, 0.3) is 139 Å². The van der Waals surface area contributed by atoms with Gasteiger partial charge in [0.2, 0.25) is 5.95 Å². The van der Waals surface area contributed by atoms with E-state index in [2.05, 4.69) is 141 Å². The highest BCUT2D eigenvalue weighted by molar-refractivity contribution is 6.24. The first kappa shape index (κ1) is 36.0. The molecule has 15 aromatic rings. The maximum absolute atomic E-state index is 6.27. The van der Waals surface area contributed by atoms with Gasteiger partial charge in [0.15, 0.2) is 11.6 Å². The summed E-state index contributed by atoms with van der Waals surface area (Å²) in [6.45, 7) is 0. The summed E-state index contributed by atoms with van der Waals surface area (Å²) in [4.78, 5) is 21.3. The first-order valence-electron chi connectivity index (χ1n) is 22.3. The molecule has 0 aliphatic heterocycles. The van der Waals surface area contributed by atoms with E-state index in [-0.39, 0.29) is 0 Å². The highest BCUT2D eigenvalue weighted by atomic mass is 16.3. The van der Waals surface area contributed by atoms with E-state index in [4.69, 9.17) is 28.8 Å². The monoisotopic (exact) mass is 859 g/mol. The second kappa shape index (κ2) is 13.6. The SMILES string of the molecule is c1ccc(-n2cnc3c(-n4c5ccccc5c5ccc6c7ccccc7n(-c7nc(-c8ccc9oc%10ccccc%10c9c8)nc(-c8ccc9oc%10ccccc%10c9c8)n7)c6c54)cccc32)cc1. The van der Waals surface area contributed by atoms with Crippen molar-refractivity contribution in [2.24, 2.45) is 0 Å². The second-order valence-corrected chi connectivity index (χ2v) is 17.1. The number of rotatable bonds is 5. The van der Waals surface area contributed by atoms with Gasteiger partial charge in [0.1, 0.15) is 34.2 Å². The Morgan fingerprint density at radius 3 is 1.49 bits per heavy atom. The molecule has 6 heterocycles. The molecule has 0 spiro atoms. The minimum Gasteiger partial charge on any atom is -0.456 e. The second-order valence-electron chi connectivity index (χ2n) is 17.1. The summed E-state index contributed by atoms with van der Waals surface area (Å²) in [6.07, 6.45) is 1.92. The molecule has 0 atom stereocenters. The summed E-state index contributed by atoms with van der Waals surface area (Å²) in [5, 5.41) is 8.47. The minimum atomic E-state index is 0.497. The van der Waals surface area contributed by atoms with E-state index in [0.717, 1.165) is 121 Å². The Bertz CT molecular complexity index is 4400. The Labute approximate surface area is 380 Å². The Hall–Kier alpha value is -9.34. The number of para-hydroxylation sites is 6. The van der Waals surface area contributed by atoms with Crippen molar-refractivity contribution in [2.45, 2.75) is 0 Å². The number of imidazole rings is 1. The van der Waals surface area contributed by atoms with Gasteiger partial charge < -0.3 is 13.4 Å². The lowest BCUT2D eigenvalue weighted by atomic mass is 10.1. The Morgan fingerprint density at radius 2 is 0.866 bits per heavy atom. The van der Waals surface area contributed by atoms with E-state index >= 15 is 0 Å². The number of aromatic nitrogens is 7. The number of hydrogen-bond acceptors (Lipinski definition) is 6. The fourth-order valence-corrected chi connectivity index (χ4v) is 10.4. The van der Waals surface area contributed by atoms with Crippen LogP contribution < -0.4 is 0 Å². The molecule has 9 heteroatoms. The van der Waals surface area contributed by atoms with Gasteiger partial charge in [0.05, 0.1) is 33.3 Å². The maximum atomic E-state index is 6.27. The summed E-state index contributed by atoms with van der Waals surface area (Å²) < 4.78 is 19.3. The molecule has 0 aliphatic carbocycles. The van der Waals surface area contributed by atoms with Gasteiger partial charge >= 0.3 is 0 Å². The molecule has 312 valence electrons. The number of hydrogen-bond donors (Lipinski definition) is 0. The molecule has 0 unspecified atom stereocenters. The molecule has 0 bridgehead atoms. The van der Waals surface area contributed by atoms with Gasteiger partial charge in [0.25, 0.3) is 0 Å². The summed E-state index contributed by atoms with van der Waals surface area (Å²) in [7, 11) is 0. The van der Waals surface area contributed by atoms with E-state index < -0.39 is 0 Å². The number of fused-ring (bicyclic) bond motifs is 14. The molecule has 0 saturated carbocycles. The largest absolute Gasteiger partial charge is 0.456 e. The first-order valence-corrected chi connectivity index (χ1v) is 22.3. The smallest absolute Gasteiger partial charge is 0.238 e. The van der Waals surface area contributed by atoms with E-state index in [1.165, 1.54) is 0 Å². The predicted octanol–water partition coefficient (Wildman–Crippen LogP) is 14.5. The Balaban J connectivity index is 1.06. The molecule has 15 rings (SSSR count). The van der Waals surface area contributed by atoms with Crippen LogP contribution in [-0.2, 0) is 0 Å². The zero-order valence-electron chi connectivity index (χ0n) is 35.5. The zero-order chi connectivity index (χ0) is 43.7. The van der Waals surface area contributed by atoms with Crippen molar-refractivity contribution in [2.75, 3.05) is 0 Å². The van der Waals surface area contributed by atoms with Crippen molar-refractivity contribution in [3.05, 3.63) is 200 Å². The summed E-state index contributed by atoms with van der Waals surface area (Å²) in [5.74, 6) is 1.58. The normalized spacial score (nSPS) is 12.2. The van der Waals surface area contributed by atoms with Crippen LogP contribution >= 0.6 is 0 Å². The van der Waals surface area contributed by atoms with Gasteiger partial charge in [-0.1, -0.05) is 109 Å². The van der Waals surface area contributed by atoms with Crippen LogP contribution in [0, 0.1) is 0 Å². The van der Waals surface area contributed by atoms with Crippen molar-refractivity contribution in [3.8, 4) is 40.1 Å². The first-order chi connectivity index (χ1) is 33.2. The Kier molecular flexibility index (Phi) is 7.31. The number of nitrogens with zero attached hydrogens (tertiary/aromatic N) is 7. The lowest BCUT2D eigenvalue weighted by molar-refractivity contribution is 0.668. The molecule has 6 aromatic heterocycles. The molecular weight excluding hydrogens is 827 g/mol. The minimum absolute atomic E-state index is 0.497.